The molecule has 9 heteroatoms. The highest BCUT2D eigenvalue weighted by Crippen LogP contribution is 2.40. The first-order valence-electron chi connectivity index (χ1n) is 18.7. The molecular weight excluding hydrogens is 665 g/mol. The van der Waals surface area contributed by atoms with Gasteiger partial charge >= 0.3 is 5.97 Å². The minimum Gasteiger partial charge on any atom is -0.493 e. The Morgan fingerprint density at radius 3 is 1.96 bits per heavy atom. The number of aliphatic carboxylic acids is 1. The number of nitrogens with one attached hydrogen (secondary N) is 2. The fourth-order valence-corrected chi connectivity index (χ4v) is 6.79. The molecule has 0 spiro atoms. The molecule has 1 aliphatic carbocycles. The van der Waals surface area contributed by atoms with Crippen molar-refractivity contribution >= 4 is 17.8 Å². The van der Waals surface area contributed by atoms with E-state index in [9.17, 15) is 14.4 Å². The molecule has 9 nitrogen and oxygen atoms in total. The van der Waals surface area contributed by atoms with Crippen molar-refractivity contribution < 1.29 is 24.2 Å². The van der Waals surface area contributed by atoms with Crippen molar-refractivity contribution in [1.29, 1.82) is 0 Å². The van der Waals surface area contributed by atoms with Crippen LogP contribution in [0.2, 0.25) is 0 Å². The summed E-state index contributed by atoms with van der Waals surface area (Å²) in [6.07, 6.45) is 8.62. The van der Waals surface area contributed by atoms with E-state index in [1.165, 1.54) is 25.7 Å². The zero-order valence-corrected chi connectivity index (χ0v) is 31.9. The van der Waals surface area contributed by atoms with Crippen LogP contribution < -0.4 is 15.4 Å². The molecule has 3 aromatic carbocycles. The van der Waals surface area contributed by atoms with Crippen LogP contribution in [0.5, 0.6) is 5.75 Å². The van der Waals surface area contributed by atoms with Gasteiger partial charge in [0, 0.05) is 42.0 Å². The highest BCUT2D eigenvalue weighted by molar-refractivity contribution is 5.97. The molecule has 0 aliphatic heterocycles. The van der Waals surface area contributed by atoms with Gasteiger partial charge in [0.05, 0.1) is 13.0 Å². The highest BCUT2D eigenvalue weighted by atomic mass is 16.5. The Bertz CT molecular complexity index is 1820. The highest BCUT2D eigenvalue weighted by Gasteiger charge is 2.30. The number of benzene rings is 3. The second-order valence-corrected chi connectivity index (χ2v) is 16.4. The summed E-state index contributed by atoms with van der Waals surface area (Å²) in [6, 6.07) is 22.0. The van der Waals surface area contributed by atoms with E-state index in [-0.39, 0.29) is 30.7 Å². The lowest BCUT2D eigenvalue weighted by Crippen LogP contribution is -2.48. The summed E-state index contributed by atoms with van der Waals surface area (Å²) < 4.78 is 6.16. The van der Waals surface area contributed by atoms with Crippen LogP contribution in [0.15, 0.2) is 85.2 Å². The molecule has 1 heterocycles. The van der Waals surface area contributed by atoms with Gasteiger partial charge in [0.1, 0.15) is 11.8 Å². The number of carboxylic acids is 1. The monoisotopic (exact) mass is 718 g/mol. The van der Waals surface area contributed by atoms with Gasteiger partial charge in [0.15, 0.2) is 5.82 Å². The number of ether oxygens (including phenoxy) is 1. The first-order chi connectivity index (χ1) is 25.2. The Hall–Kier alpha value is -5.05. The molecule has 1 saturated carbocycles. The molecule has 280 valence electrons. The summed E-state index contributed by atoms with van der Waals surface area (Å²) in [5.74, 6) is 0.999. The van der Waals surface area contributed by atoms with Crippen molar-refractivity contribution in [2.24, 2.45) is 17.3 Å². The fourth-order valence-electron chi connectivity index (χ4n) is 6.79. The Labute approximate surface area is 314 Å². The molecule has 4 aromatic rings. The van der Waals surface area contributed by atoms with Crippen molar-refractivity contribution in [2.45, 2.75) is 91.5 Å². The van der Waals surface area contributed by atoms with Crippen LogP contribution >= 0.6 is 0 Å². The maximum atomic E-state index is 13.2. The molecule has 1 aliphatic rings. The van der Waals surface area contributed by atoms with Crippen LogP contribution in [0.25, 0.3) is 22.5 Å². The molecular formula is C44H54N4O5. The molecule has 2 amide bonds. The molecule has 1 unspecified atom stereocenters. The average Bonchev–Trinajstić information content (AvgIpc) is 3.13. The third-order valence-electron chi connectivity index (χ3n) is 10.3. The number of nitrogens with zero attached hydrogens (tertiary/aromatic N) is 2. The van der Waals surface area contributed by atoms with Crippen molar-refractivity contribution in [3.8, 4) is 28.3 Å². The molecule has 1 fully saturated rings. The first kappa shape index (κ1) is 39.2. The number of rotatable bonds is 13. The zero-order valence-electron chi connectivity index (χ0n) is 31.9. The van der Waals surface area contributed by atoms with Gasteiger partial charge in [-0.25, -0.2) is 9.97 Å². The van der Waals surface area contributed by atoms with Gasteiger partial charge in [-0.3, -0.25) is 14.4 Å². The fraction of sp³-hybridized carbons (Fsp3) is 0.432. The largest absolute Gasteiger partial charge is 0.493 e. The van der Waals surface area contributed by atoms with Gasteiger partial charge in [-0.1, -0.05) is 90.1 Å². The van der Waals surface area contributed by atoms with E-state index in [0.717, 1.165) is 46.1 Å². The molecule has 53 heavy (non-hydrogen) atoms. The Kier molecular flexibility index (Phi) is 12.7. The molecule has 0 saturated heterocycles. The van der Waals surface area contributed by atoms with Crippen molar-refractivity contribution in [3.63, 3.8) is 0 Å². The molecule has 5 rings (SSSR count). The number of carboxylic acid groups (broad SMARTS) is 1. The summed E-state index contributed by atoms with van der Waals surface area (Å²) >= 11 is 0. The maximum Gasteiger partial charge on any atom is 0.305 e. The summed E-state index contributed by atoms with van der Waals surface area (Å²) in [5, 5.41) is 14.5. The van der Waals surface area contributed by atoms with Crippen LogP contribution in [0, 0.1) is 17.3 Å². The topological polar surface area (TPSA) is 131 Å². The van der Waals surface area contributed by atoms with Gasteiger partial charge in [-0.2, -0.15) is 0 Å². The predicted octanol–water partition coefficient (Wildman–Crippen LogP) is 8.27. The number of hydrogen-bond acceptors (Lipinski definition) is 6. The smallest absolute Gasteiger partial charge is 0.305 e. The van der Waals surface area contributed by atoms with Gasteiger partial charge in [0.2, 0.25) is 5.91 Å². The number of carbonyl (C=O) groups is 3. The molecule has 0 radical (unpaired) electrons. The van der Waals surface area contributed by atoms with Crippen LogP contribution in [0.3, 0.4) is 0 Å². The van der Waals surface area contributed by atoms with Crippen molar-refractivity contribution in [1.82, 2.24) is 20.6 Å². The normalized spacial score (nSPS) is 16.7. The quantitative estimate of drug-likeness (QED) is 0.127. The molecule has 1 aromatic heterocycles. The lowest BCUT2D eigenvalue weighted by atomic mass is 9.70. The summed E-state index contributed by atoms with van der Waals surface area (Å²) in [7, 11) is 0. The summed E-state index contributed by atoms with van der Waals surface area (Å²) in [6.45, 7) is 14.1. The Morgan fingerprint density at radius 2 is 1.40 bits per heavy atom. The molecule has 3 N–H and O–H groups in total. The van der Waals surface area contributed by atoms with Gasteiger partial charge in [-0.15, -0.1) is 0 Å². The summed E-state index contributed by atoms with van der Waals surface area (Å²) in [5.41, 5.74) is 5.38. The standard InChI is InChI=1S/C44H54N4O5/c1-43(2,3)35-17-9-30(10-18-35)28-53-37-21-15-31(16-22-37)34-26-46-40(47-27-34)32-11-7-29(8-12-32)25-38(42(52)45-24-23-39(49)50)48-41(51)33-13-19-36(20-14-33)44(4,5)6/h7-8,11-16,19-22,26-27,30,35,38H,9-10,17-18,23-25,28H2,1-6H3,(H,45,52)(H,48,51)(H,49,50). The van der Waals surface area contributed by atoms with Crippen molar-refractivity contribution in [3.05, 3.63) is 102 Å². The number of carbonyl (C=O) groups excluding carboxylic acids is 2. The minimum absolute atomic E-state index is 0.0379. The van der Waals surface area contributed by atoms with Crippen LogP contribution in [-0.2, 0) is 21.4 Å². The van der Waals surface area contributed by atoms with Gasteiger partial charge in [0.25, 0.3) is 5.91 Å². The van der Waals surface area contributed by atoms with Crippen LogP contribution in [0.4, 0.5) is 0 Å². The number of hydrogen-bond donors (Lipinski definition) is 3. The van der Waals surface area contributed by atoms with Crippen LogP contribution in [0.1, 0.15) is 95.1 Å². The third kappa shape index (κ3) is 11.2. The maximum absolute atomic E-state index is 13.2. The molecule has 0 bridgehead atoms. The minimum atomic E-state index is -1.02. The number of aromatic nitrogens is 2. The lowest BCUT2D eigenvalue weighted by Gasteiger charge is -2.36. The SMILES string of the molecule is CC(C)(C)c1ccc(C(=O)NC(Cc2ccc(-c3ncc(-c4ccc(OCC5CCC(C(C)(C)C)CC5)cc4)cn3)cc2)C(=O)NCCC(=O)O)cc1. The molecule has 1 atom stereocenters. The van der Waals surface area contributed by atoms with Gasteiger partial charge in [-0.05, 0) is 89.3 Å². The average molecular weight is 719 g/mol. The summed E-state index contributed by atoms with van der Waals surface area (Å²) in [4.78, 5) is 46.6. The van der Waals surface area contributed by atoms with E-state index in [1.807, 2.05) is 60.7 Å². The number of amides is 2. The van der Waals surface area contributed by atoms with E-state index in [0.29, 0.717) is 22.7 Å². The zero-order chi connectivity index (χ0) is 38.2. The van der Waals surface area contributed by atoms with Crippen LogP contribution in [-0.4, -0.2) is 52.1 Å². The van der Waals surface area contributed by atoms with E-state index in [2.05, 4.69) is 62.1 Å². The van der Waals surface area contributed by atoms with E-state index < -0.39 is 17.9 Å². The van der Waals surface area contributed by atoms with E-state index in [4.69, 9.17) is 9.84 Å². The first-order valence-corrected chi connectivity index (χ1v) is 18.7. The van der Waals surface area contributed by atoms with Gasteiger partial charge < -0.3 is 20.5 Å². The van der Waals surface area contributed by atoms with Crippen molar-refractivity contribution in [2.75, 3.05) is 13.2 Å². The Morgan fingerprint density at radius 1 is 0.792 bits per heavy atom. The van der Waals surface area contributed by atoms with E-state index >= 15 is 0 Å². The predicted molar refractivity (Wildman–Crippen MR) is 209 cm³/mol. The second-order valence-electron chi connectivity index (χ2n) is 16.4. The Balaban J connectivity index is 1.18. The second kappa shape index (κ2) is 17.2. The third-order valence-corrected chi connectivity index (χ3v) is 10.3. The lowest BCUT2D eigenvalue weighted by molar-refractivity contribution is -0.137. The van der Waals surface area contributed by atoms with E-state index in [1.54, 1.807) is 24.5 Å².